The molecule has 7 nitrogen and oxygen atoms in total. The number of hydrogen-bond acceptors (Lipinski definition) is 5. The van der Waals surface area contributed by atoms with Crippen LogP contribution in [0.5, 0.6) is 0 Å². The lowest BCUT2D eigenvalue weighted by atomic mass is 10.1. The van der Waals surface area contributed by atoms with Crippen molar-refractivity contribution in [3.63, 3.8) is 0 Å². The van der Waals surface area contributed by atoms with Crippen LogP contribution < -0.4 is 10.6 Å². The highest BCUT2D eigenvalue weighted by atomic mass is 32.1. The number of carbonyl (C=O) groups is 1. The largest absolute Gasteiger partial charge is 0.375 e. The molecule has 1 aromatic carbocycles. The molecular formula is C20H29N5O2S. The lowest BCUT2D eigenvalue weighted by molar-refractivity contribution is 0.0955. The van der Waals surface area contributed by atoms with E-state index in [0.717, 1.165) is 22.2 Å². The fraction of sp³-hybridized carbons (Fsp3) is 0.450. The van der Waals surface area contributed by atoms with Gasteiger partial charge in [0.25, 0.3) is 5.91 Å². The summed E-state index contributed by atoms with van der Waals surface area (Å²) in [6.07, 6.45) is -0.00122. The predicted molar refractivity (Wildman–Crippen MR) is 114 cm³/mol. The minimum atomic E-state index is -0.0597. The van der Waals surface area contributed by atoms with Crippen LogP contribution in [0.1, 0.15) is 46.6 Å². The second-order valence-corrected chi connectivity index (χ2v) is 7.26. The number of aliphatic imine (C=N–C) groups is 1. The molecule has 0 aliphatic carbocycles. The zero-order valence-corrected chi connectivity index (χ0v) is 18.0. The maximum Gasteiger partial charge on any atom is 0.251 e. The van der Waals surface area contributed by atoms with Gasteiger partial charge in [0.2, 0.25) is 0 Å². The summed E-state index contributed by atoms with van der Waals surface area (Å²) in [4.78, 5) is 23.0. The molecule has 2 rings (SSSR count). The van der Waals surface area contributed by atoms with Gasteiger partial charge in [-0.2, -0.15) is 0 Å². The Kier molecular flexibility index (Phi) is 8.41. The van der Waals surface area contributed by atoms with Crippen molar-refractivity contribution in [1.82, 2.24) is 20.5 Å². The summed E-state index contributed by atoms with van der Waals surface area (Å²) in [5, 5.41) is 9.17. The van der Waals surface area contributed by atoms with Crippen LogP contribution in [0.4, 0.5) is 0 Å². The summed E-state index contributed by atoms with van der Waals surface area (Å²) in [6, 6.07) is 7.59. The topological polar surface area (TPSA) is 78.9 Å². The number of aromatic nitrogens is 1. The Balaban J connectivity index is 1.96. The van der Waals surface area contributed by atoms with Crippen LogP contribution in [0.3, 0.4) is 0 Å². The summed E-state index contributed by atoms with van der Waals surface area (Å²) in [5.41, 5.74) is 2.66. The molecule has 2 aromatic rings. The quantitative estimate of drug-likeness (QED) is 0.523. The summed E-state index contributed by atoms with van der Waals surface area (Å²) < 4.78 is 5.32. The normalized spacial score (nSPS) is 12.5. The van der Waals surface area contributed by atoms with Crippen LogP contribution in [-0.2, 0) is 17.8 Å². The van der Waals surface area contributed by atoms with E-state index in [1.54, 1.807) is 25.5 Å². The third kappa shape index (κ3) is 6.03. The predicted octanol–water partition coefficient (Wildman–Crippen LogP) is 2.81. The molecular weight excluding hydrogens is 374 g/mol. The van der Waals surface area contributed by atoms with Crippen molar-refractivity contribution in [3.05, 3.63) is 51.5 Å². The fourth-order valence-electron chi connectivity index (χ4n) is 2.65. The minimum Gasteiger partial charge on any atom is -0.375 e. The number of rotatable bonds is 8. The number of thiazole rings is 1. The van der Waals surface area contributed by atoms with Gasteiger partial charge >= 0.3 is 0 Å². The Morgan fingerprint density at radius 1 is 1.39 bits per heavy atom. The lowest BCUT2D eigenvalue weighted by Crippen LogP contribution is -2.38. The SMILES string of the molecule is CCNC(=O)c1cccc(CNC(=NC)N(C)Cc2csc(C(C)OC)n2)c1. The highest BCUT2D eigenvalue weighted by Gasteiger charge is 2.13. The molecule has 0 aliphatic heterocycles. The van der Waals surface area contributed by atoms with Gasteiger partial charge in [0.15, 0.2) is 5.96 Å². The molecule has 1 heterocycles. The van der Waals surface area contributed by atoms with Crippen LogP contribution in [-0.4, -0.2) is 49.5 Å². The molecule has 0 saturated heterocycles. The fourth-order valence-corrected chi connectivity index (χ4v) is 3.49. The number of benzene rings is 1. The number of nitrogens with one attached hydrogen (secondary N) is 2. The monoisotopic (exact) mass is 403 g/mol. The van der Waals surface area contributed by atoms with Gasteiger partial charge in [0.1, 0.15) is 11.1 Å². The van der Waals surface area contributed by atoms with Crippen LogP contribution in [0.25, 0.3) is 0 Å². The van der Waals surface area contributed by atoms with E-state index >= 15 is 0 Å². The van der Waals surface area contributed by atoms with Gasteiger partial charge in [-0.25, -0.2) is 4.98 Å². The molecule has 1 atom stereocenters. The number of hydrogen-bond donors (Lipinski definition) is 2. The molecule has 0 fully saturated rings. The summed E-state index contributed by atoms with van der Waals surface area (Å²) >= 11 is 1.60. The first kappa shape index (κ1) is 21.8. The van der Waals surface area contributed by atoms with Gasteiger partial charge in [0, 0.05) is 45.2 Å². The molecule has 1 amide bonds. The standard InChI is InChI=1S/C20H29N5O2S/c1-6-22-18(26)16-9-7-8-15(10-16)11-23-20(21-3)25(4)12-17-13-28-19(24-17)14(2)27-5/h7-10,13-14H,6,11-12H2,1-5H3,(H,21,23)(H,22,26). The molecule has 0 bridgehead atoms. The minimum absolute atomic E-state index is 0.00122. The number of carbonyl (C=O) groups excluding carboxylic acids is 1. The molecule has 0 saturated carbocycles. The number of methoxy groups -OCH3 is 1. The van der Waals surface area contributed by atoms with Gasteiger partial charge in [0.05, 0.1) is 12.2 Å². The molecule has 1 aromatic heterocycles. The second-order valence-electron chi connectivity index (χ2n) is 6.37. The molecule has 0 aliphatic rings. The van der Waals surface area contributed by atoms with Crippen molar-refractivity contribution in [2.75, 3.05) is 27.7 Å². The van der Waals surface area contributed by atoms with E-state index in [4.69, 9.17) is 4.74 Å². The number of ether oxygens (including phenoxy) is 1. The maximum absolute atomic E-state index is 12.0. The Morgan fingerprint density at radius 2 is 2.18 bits per heavy atom. The van der Waals surface area contributed by atoms with E-state index in [-0.39, 0.29) is 12.0 Å². The molecule has 1 unspecified atom stereocenters. The van der Waals surface area contributed by atoms with Crippen LogP contribution in [0, 0.1) is 0 Å². The van der Waals surface area contributed by atoms with E-state index in [2.05, 4.69) is 20.6 Å². The third-order valence-corrected chi connectivity index (χ3v) is 5.28. The highest BCUT2D eigenvalue weighted by Crippen LogP contribution is 2.20. The number of amides is 1. The van der Waals surface area contributed by atoms with E-state index in [1.165, 1.54) is 0 Å². The summed E-state index contributed by atoms with van der Waals surface area (Å²) in [5.74, 6) is 0.702. The van der Waals surface area contributed by atoms with Gasteiger partial charge in [-0.05, 0) is 31.5 Å². The Hall–Kier alpha value is -2.45. The average molecular weight is 404 g/mol. The zero-order valence-electron chi connectivity index (χ0n) is 17.2. The van der Waals surface area contributed by atoms with E-state index in [0.29, 0.717) is 25.2 Å². The first-order chi connectivity index (χ1) is 13.5. The summed E-state index contributed by atoms with van der Waals surface area (Å²) in [7, 11) is 5.41. The molecule has 0 spiro atoms. The molecule has 152 valence electrons. The zero-order chi connectivity index (χ0) is 20.5. The average Bonchev–Trinajstić information content (AvgIpc) is 3.16. The summed E-state index contributed by atoms with van der Waals surface area (Å²) in [6.45, 7) is 5.73. The number of guanidine groups is 1. The van der Waals surface area contributed by atoms with Crippen molar-refractivity contribution < 1.29 is 9.53 Å². The highest BCUT2D eigenvalue weighted by molar-refractivity contribution is 7.09. The van der Waals surface area contributed by atoms with Crippen molar-refractivity contribution in [2.24, 2.45) is 4.99 Å². The van der Waals surface area contributed by atoms with Gasteiger partial charge in [-0.1, -0.05) is 12.1 Å². The molecule has 2 N–H and O–H groups in total. The van der Waals surface area contributed by atoms with E-state index < -0.39 is 0 Å². The second kappa shape index (κ2) is 10.8. The van der Waals surface area contributed by atoms with Crippen LogP contribution in [0.15, 0.2) is 34.6 Å². The lowest BCUT2D eigenvalue weighted by Gasteiger charge is -2.21. The van der Waals surface area contributed by atoms with Crippen molar-refractivity contribution in [1.29, 1.82) is 0 Å². The van der Waals surface area contributed by atoms with Crippen LogP contribution >= 0.6 is 11.3 Å². The Morgan fingerprint density at radius 3 is 2.86 bits per heavy atom. The first-order valence-corrected chi connectivity index (χ1v) is 10.1. The number of nitrogens with zero attached hydrogens (tertiary/aromatic N) is 3. The maximum atomic E-state index is 12.0. The smallest absolute Gasteiger partial charge is 0.251 e. The Bertz CT molecular complexity index is 805. The van der Waals surface area contributed by atoms with E-state index in [1.807, 2.05) is 55.4 Å². The molecule has 8 heteroatoms. The van der Waals surface area contributed by atoms with Gasteiger partial charge in [-0.15, -0.1) is 11.3 Å². The Labute approximate surface area is 170 Å². The van der Waals surface area contributed by atoms with Crippen molar-refractivity contribution in [2.45, 2.75) is 33.0 Å². The van der Waals surface area contributed by atoms with Gasteiger partial charge in [-0.3, -0.25) is 9.79 Å². The van der Waals surface area contributed by atoms with E-state index in [9.17, 15) is 4.79 Å². The van der Waals surface area contributed by atoms with Crippen LogP contribution in [0.2, 0.25) is 0 Å². The first-order valence-electron chi connectivity index (χ1n) is 9.24. The third-order valence-electron chi connectivity index (χ3n) is 4.22. The van der Waals surface area contributed by atoms with Gasteiger partial charge < -0.3 is 20.3 Å². The molecule has 28 heavy (non-hydrogen) atoms. The van der Waals surface area contributed by atoms with Crippen molar-refractivity contribution >= 4 is 23.2 Å². The molecule has 0 radical (unpaired) electrons. The van der Waals surface area contributed by atoms with Crippen molar-refractivity contribution in [3.8, 4) is 0 Å².